The largest absolute Gasteiger partial charge is 0.396 e. The molecular formula is C14H21NO3S. The molecule has 106 valence electrons. The predicted octanol–water partition coefficient (Wildman–Crippen LogP) is 1.85. The van der Waals surface area contributed by atoms with Crippen LogP contribution in [0.4, 0.5) is 0 Å². The molecule has 0 saturated carbocycles. The lowest BCUT2D eigenvalue weighted by atomic mass is 9.86. The zero-order chi connectivity index (χ0) is 14.7. The van der Waals surface area contributed by atoms with Crippen molar-refractivity contribution in [3.05, 3.63) is 42.5 Å². The molecule has 1 aromatic rings. The van der Waals surface area contributed by atoms with Crippen LogP contribution in [0.5, 0.6) is 0 Å². The van der Waals surface area contributed by atoms with E-state index in [-0.39, 0.29) is 11.5 Å². The van der Waals surface area contributed by atoms with Crippen molar-refractivity contribution in [2.75, 3.05) is 6.61 Å². The van der Waals surface area contributed by atoms with Gasteiger partial charge in [0.15, 0.2) is 0 Å². The number of benzene rings is 1. The molecule has 19 heavy (non-hydrogen) atoms. The number of hydrogen-bond donors (Lipinski definition) is 2. The molecule has 0 aliphatic rings. The Balaban J connectivity index is 3.02. The van der Waals surface area contributed by atoms with Gasteiger partial charge in [0, 0.05) is 18.1 Å². The smallest absolute Gasteiger partial charge is 0.241 e. The molecule has 0 aliphatic heterocycles. The topological polar surface area (TPSA) is 66.4 Å². The van der Waals surface area contributed by atoms with E-state index in [9.17, 15) is 13.5 Å². The Morgan fingerprint density at radius 3 is 2.32 bits per heavy atom. The first-order chi connectivity index (χ1) is 8.73. The van der Waals surface area contributed by atoms with E-state index in [1.807, 2.05) is 6.92 Å². The van der Waals surface area contributed by atoms with E-state index < -0.39 is 21.5 Å². The summed E-state index contributed by atoms with van der Waals surface area (Å²) in [6.07, 6.45) is 1.50. The highest BCUT2D eigenvalue weighted by molar-refractivity contribution is 7.89. The summed E-state index contributed by atoms with van der Waals surface area (Å²) < 4.78 is 27.0. The second kappa shape index (κ2) is 5.86. The first kappa shape index (κ1) is 15.9. The number of hydrogen-bond acceptors (Lipinski definition) is 3. The minimum Gasteiger partial charge on any atom is -0.396 e. The minimum atomic E-state index is -3.61. The summed E-state index contributed by atoms with van der Waals surface area (Å²) in [5.74, 6) is 0. The van der Waals surface area contributed by atoms with Gasteiger partial charge >= 0.3 is 0 Å². The monoisotopic (exact) mass is 283 g/mol. The summed E-state index contributed by atoms with van der Waals surface area (Å²) in [6.45, 7) is 8.93. The number of aliphatic hydroxyl groups excluding tert-OH is 1. The number of aliphatic hydroxyl groups is 1. The highest BCUT2D eigenvalue weighted by atomic mass is 32.2. The zero-order valence-corrected chi connectivity index (χ0v) is 12.4. The van der Waals surface area contributed by atoms with Crippen molar-refractivity contribution >= 4 is 10.0 Å². The number of sulfonamides is 1. The van der Waals surface area contributed by atoms with Crippen molar-refractivity contribution in [3.63, 3.8) is 0 Å². The van der Waals surface area contributed by atoms with Crippen LogP contribution in [-0.4, -0.2) is 26.2 Å². The molecule has 0 radical (unpaired) electrons. The summed E-state index contributed by atoms with van der Waals surface area (Å²) in [5, 5.41) is 9.32. The minimum absolute atomic E-state index is 0.139. The van der Waals surface area contributed by atoms with Crippen LogP contribution in [0.2, 0.25) is 0 Å². The lowest BCUT2D eigenvalue weighted by Crippen LogP contribution is -2.45. The Morgan fingerprint density at radius 1 is 1.37 bits per heavy atom. The van der Waals surface area contributed by atoms with Crippen molar-refractivity contribution in [3.8, 4) is 0 Å². The van der Waals surface area contributed by atoms with E-state index in [1.165, 1.54) is 6.08 Å². The maximum Gasteiger partial charge on any atom is 0.241 e. The molecule has 1 atom stereocenters. The van der Waals surface area contributed by atoms with Crippen LogP contribution in [-0.2, 0) is 10.0 Å². The van der Waals surface area contributed by atoms with Crippen LogP contribution in [0, 0.1) is 12.3 Å². The molecular weight excluding hydrogens is 262 g/mol. The number of rotatable bonds is 6. The summed E-state index contributed by atoms with van der Waals surface area (Å²) in [7, 11) is -3.61. The normalized spacial score (nSPS) is 14.1. The van der Waals surface area contributed by atoms with E-state index >= 15 is 0 Å². The summed E-state index contributed by atoms with van der Waals surface area (Å²) in [5.41, 5.74) is 0.384. The fraction of sp³-hybridized carbons (Fsp3) is 0.429. The van der Waals surface area contributed by atoms with Crippen LogP contribution in [0.15, 0.2) is 41.8 Å². The number of aryl methyl sites for hydroxylation is 1. The summed E-state index contributed by atoms with van der Waals surface area (Å²) >= 11 is 0. The van der Waals surface area contributed by atoms with Gasteiger partial charge in [-0.25, -0.2) is 13.1 Å². The Kier molecular flexibility index (Phi) is 4.90. The van der Waals surface area contributed by atoms with Crippen molar-refractivity contribution < 1.29 is 13.5 Å². The van der Waals surface area contributed by atoms with Crippen LogP contribution < -0.4 is 4.72 Å². The standard InChI is InChI=1S/C14H21NO3S/c1-5-13(14(3,4)10-16)15-19(17,18)12-8-6-11(2)7-9-12/h5-9,13,15-16H,1,10H2,2-4H3/t13-/m0/s1. The molecule has 0 saturated heterocycles. The molecule has 1 rings (SSSR count). The average Bonchev–Trinajstić information content (AvgIpc) is 2.36. The Bertz CT molecular complexity index is 532. The first-order valence-electron chi connectivity index (χ1n) is 6.05. The fourth-order valence-corrected chi connectivity index (χ4v) is 2.96. The second-order valence-electron chi connectivity index (χ2n) is 5.29. The molecule has 4 nitrogen and oxygen atoms in total. The Labute approximate surface area is 115 Å². The SMILES string of the molecule is C=C[C@H](NS(=O)(=O)c1ccc(C)cc1)C(C)(C)CO. The van der Waals surface area contributed by atoms with Gasteiger partial charge in [0.1, 0.15) is 0 Å². The zero-order valence-electron chi connectivity index (χ0n) is 11.6. The summed E-state index contributed by atoms with van der Waals surface area (Å²) in [6, 6.07) is 6.07. The highest BCUT2D eigenvalue weighted by Crippen LogP contribution is 2.22. The quantitative estimate of drug-likeness (QED) is 0.783. The van der Waals surface area contributed by atoms with Gasteiger partial charge in [0.05, 0.1) is 4.90 Å². The maximum atomic E-state index is 12.2. The molecule has 0 aliphatic carbocycles. The van der Waals surface area contributed by atoms with Crippen LogP contribution in [0.1, 0.15) is 19.4 Å². The average molecular weight is 283 g/mol. The lowest BCUT2D eigenvalue weighted by Gasteiger charge is -2.30. The van der Waals surface area contributed by atoms with Crippen LogP contribution >= 0.6 is 0 Å². The van der Waals surface area contributed by atoms with Gasteiger partial charge in [-0.1, -0.05) is 37.6 Å². The number of nitrogens with one attached hydrogen (secondary N) is 1. The van der Waals surface area contributed by atoms with Gasteiger partial charge in [0.2, 0.25) is 10.0 Å². The third kappa shape index (κ3) is 3.89. The molecule has 0 bridgehead atoms. The van der Waals surface area contributed by atoms with Gasteiger partial charge in [0.25, 0.3) is 0 Å². The first-order valence-corrected chi connectivity index (χ1v) is 7.53. The van der Waals surface area contributed by atoms with Crippen LogP contribution in [0.25, 0.3) is 0 Å². The van der Waals surface area contributed by atoms with E-state index in [2.05, 4.69) is 11.3 Å². The van der Waals surface area contributed by atoms with E-state index in [0.29, 0.717) is 0 Å². The van der Waals surface area contributed by atoms with Gasteiger partial charge < -0.3 is 5.11 Å². The van der Waals surface area contributed by atoms with Gasteiger partial charge in [-0.2, -0.15) is 0 Å². The summed E-state index contributed by atoms with van der Waals surface area (Å²) in [4.78, 5) is 0.207. The van der Waals surface area contributed by atoms with Gasteiger partial charge in [-0.05, 0) is 19.1 Å². The van der Waals surface area contributed by atoms with Gasteiger partial charge in [-0.3, -0.25) is 0 Å². The lowest BCUT2D eigenvalue weighted by molar-refractivity contribution is 0.141. The van der Waals surface area contributed by atoms with E-state index in [1.54, 1.807) is 38.1 Å². The molecule has 0 amide bonds. The molecule has 1 aromatic carbocycles. The van der Waals surface area contributed by atoms with Crippen molar-refractivity contribution in [2.45, 2.75) is 31.7 Å². The third-order valence-electron chi connectivity index (χ3n) is 3.10. The molecule has 2 N–H and O–H groups in total. The molecule has 0 heterocycles. The predicted molar refractivity (Wildman–Crippen MR) is 76.4 cm³/mol. The highest BCUT2D eigenvalue weighted by Gasteiger charge is 2.30. The van der Waals surface area contributed by atoms with Gasteiger partial charge in [-0.15, -0.1) is 6.58 Å². The fourth-order valence-electron chi connectivity index (χ4n) is 1.58. The van der Waals surface area contributed by atoms with E-state index in [4.69, 9.17) is 0 Å². The molecule has 0 unspecified atom stereocenters. The van der Waals surface area contributed by atoms with Crippen molar-refractivity contribution in [1.82, 2.24) is 4.72 Å². The molecule has 0 spiro atoms. The Hall–Kier alpha value is -1.17. The van der Waals surface area contributed by atoms with Crippen LogP contribution in [0.3, 0.4) is 0 Å². The second-order valence-corrected chi connectivity index (χ2v) is 7.01. The molecule has 0 fully saturated rings. The third-order valence-corrected chi connectivity index (χ3v) is 4.56. The maximum absolute atomic E-state index is 12.2. The molecule has 5 heteroatoms. The molecule has 0 aromatic heterocycles. The van der Waals surface area contributed by atoms with E-state index in [0.717, 1.165) is 5.56 Å². The Morgan fingerprint density at radius 2 is 1.89 bits per heavy atom. The van der Waals surface area contributed by atoms with Crippen molar-refractivity contribution in [2.24, 2.45) is 5.41 Å². The van der Waals surface area contributed by atoms with Crippen molar-refractivity contribution in [1.29, 1.82) is 0 Å².